The second-order valence-electron chi connectivity index (χ2n) is 3.60. The lowest BCUT2D eigenvalue weighted by molar-refractivity contribution is -0.136. The Hall–Kier alpha value is -1.39. The fourth-order valence-corrected chi connectivity index (χ4v) is 0.866. The van der Waals surface area contributed by atoms with Crippen molar-refractivity contribution in [1.29, 1.82) is 0 Å². The van der Waals surface area contributed by atoms with Crippen LogP contribution in [0.3, 0.4) is 0 Å². The average molecular weight is 281 g/mol. The number of aldehydes is 1. The Balaban J connectivity index is 0. The number of nitrogens with one attached hydrogen (secondary N) is 1. The van der Waals surface area contributed by atoms with Gasteiger partial charge in [-0.2, -0.15) is 0 Å². The number of carbonyl (C=O) groups is 3. The highest BCUT2D eigenvalue weighted by atomic mass is 16.4. The molecule has 0 rings (SSSR count). The van der Waals surface area contributed by atoms with Gasteiger partial charge in [0.25, 0.3) is 0 Å². The number of imide groups is 1. The zero-order valence-electron chi connectivity index (χ0n) is 10.6. The highest BCUT2D eigenvalue weighted by molar-refractivity contribution is 5.92. The van der Waals surface area contributed by atoms with Gasteiger partial charge in [0.15, 0.2) is 6.29 Å². The molecule has 9 nitrogen and oxygen atoms in total. The van der Waals surface area contributed by atoms with Crippen LogP contribution in [0.25, 0.3) is 0 Å². The summed E-state index contributed by atoms with van der Waals surface area (Å²) in [5.41, 5.74) is 0. The van der Waals surface area contributed by atoms with Crippen LogP contribution in [0.1, 0.15) is 13.8 Å². The van der Waals surface area contributed by atoms with E-state index in [1.807, 2.05) is 5.32 Å². The Morgan fingerprint density at radius 1 is 1.05 bits per heavy atom. The van der Waals surface area contributed by atoms with Crippen molar-refractivity contribution in [1.82, 2.24) is 5.32 Å². The zero-order valence-corrected chi connectivity index (χ0v) is 10.6. The van der Waals surface area contributed by atoms with Crippen molar-refractivity contribution in [2.75, 3.05) is 6.61 Å². The minimum absolute atomic E-state index is 0.0258. The van der Waals surface area contributed by atoms with E-state index in [0.717, 1.165) is 0 Å². The van der Waals surface area contributed by atoms with E-state index in [-0.39, 0.29) is 18.1 Å². The minimum Gasteiger partial charge on any atom is -0.394 e. The van der Waals surface area contributed by atoms with Gasteiger partial charge in [-0.05, 0) is 0 Å². The predicted molar refractivity (Wildman–Crippen MR) is 61.7 cm³/mol. The molecule has 0 heterocycles. The van der Waals surface area contributed by atoms with E-state index in [2.05, 4.69) is 0 Å². The summed E-state index contributed by atoms with van der Waals surface area (Å²) in [6, 6.07) is 0. The number of rotatable bonds is 5. The summed E-state index contributed by atoms with van der Waals surface area (Å²) >= 11 is 0. The van der Waals surface area contributed by atoms with Crippen LogP contribution in [0.15, 0.2) is 0 Å². The molecule has 0 saturated carbocycles. The van der Waals surface area contributed by atoms with Gasteiger partial charge in [0.2, 0.25) is 11.8 Å². The molecule has 0 aliphatic rings. The van der Waals surface area contributed by atoms with Gasteiger partial charge in [0, 0.05) is 13.8 Å². The van der Waals surface area contributed by atoms with Crippen molar-refractivity contribution >= 4 is 18.1 Å². The lowest BCUT2D eigenvalue weighted by Crippen LogP contribution is -2.46. The summed E-state index contributed by atoms with van der Waals surface area (Å²) in [6.45, 7) is 1.83. The molecule has 0 bridgehead atoms. The van der Waals surface area contributed by atoms with Crippen molar-refractivity contribution in [3.05, 3.63) is 0 Å². The average Bonchev–Trinajstić information content (AvgIpc) is 2.34. The fraction of sp³-hybridized carbons (Fsp3) is 0.700. The lowest BCUT2D eigenvalue weighted by Gasteiger charge is -2.22. The maximum atomic E-state index is 9.92. The van der Waals surface area contributed by atoms with Gasteiger partial charge in [-0.1, -0.05) is 0 Å². The summed E-state index contributed by atoms with van der Waals surface area (Å²) in [5.74, 6) is -0.625. The zero-order chi connectivity index (χ0) is 15.6. The van der Waals surface area contributed by atoms with Crippen LogP contribution in [-0.4, -0.2) is 74.7 Å². The first kappa shape index (κ1) is 19.9. The molecule has 2 amide bonds. The summed E-state index contributed by atoms with van der Waals surface area (Å²) in [5, 5.41) is 45.6. The van der Waals surface area contributed by atoms with Crippen molar-refractivity contribution < 1.29 is 39.9 Å². The molecular formula is C10H19NO8. The van der Waals surface area contributed by atoms with E-state index in [0.29, 0.717) is 0 Å². The number of aliphatic hydroxyl groups excluding tert-OH is 5. The highest BCUT2D eigenvalue weighted by Gasteiger charge is 2.29. The molecule has 0 aliphatic heterocycles. The van der Waals surface area contributed by atoms with Crippen LogP contribution in [0.5, 0.6) is 0 Å². The molecular weight excluding hydrogens is 262 g/mol. The van der Waals surface area contributed by atoms with Crippen molar-refractivity contribution in [3.63, 3.8) is 0 Å². The first-order valence-corrected chi connectivity index (χ1v) is 5.23. The molecule has 0 unspecified atom stereocenters. The molecule has 9 heteroatoms. The number of hydrogen-bond acceptors (Lipinski definition) is 8. The second kappa shape index (κ2) is 10.5. The monoisotopic (exact) mass is 281 g/mol. The quantitative estimate of drug-likeness (QED) is 0.280. The third kappa shape index (κ3) is 10.2. The molecule has 0 spiro atoms. The second-order valence-corrected chi connectivity index (χ2v) is 3.60. The van der Waals surface area contributed by atoms with Gasteiger partial charge in [0.1, 0.15) is 24.4 Å². The van der Waals surface area contributed by atoms with E-state index < -0.39 is 31.0 Å². The lowest BCUT2D eigenvalue weighted by atomic mass is 10.0. The number of carbonyl (C=O) groups excluding carboxylic acids is 3. The van der Waals surface area contributed by atoms with E-state index >= 15 is 0 Å². The van der Waals surface area contributed by atoms with Crippen molar-refractivity contribution in [2.45, 2.75) is 38.3 Å². The Labute approximate surface area is 109 Å². The van der Waals surface area contributed by atoms with Crippen LogP contribution >= 0.6 is 0 Å². The normalized spacial score (nSPS) is 16.2. The Morgan fingerprint density at radius 3 is 1.68 bits per heavy atom. The molecule has 0 radical (unpaired) electrons. The highest BCUT2D eigenvalue weighted by Crippen LogP contribution is 2.02. The van der Waals surface area contributed by atoms with Crippen molar-refractivity contribution in [3.8, 4) is 0 Å². The first-order valence-electron chi connectivity index (χ1n) is 5.23. The Morgan fingerprint density at radius 2 is 1.47 bits per heavy atom. The SMILES string of the molecule is CC(=O)NC(C)=O.O=C[C@H](O)[C@@H](O)[C@@H](O)[C@H](O)CO. The third-order valence-electron chi connectivity index (χ3n) is 1.77. The number of aliphatic hydroxyl groups is 5. The summed E-state index contributed by atoms with van der Waals surface area (Å²) in [7, 11) is 0. The molecule has 0 fully saturated rings. The third-order valence-corrected chi connectivity index (χ3v) is 1.77. The van der Waals surface area contributed by atoms with E-state index in [9.17, 15) is 14.4 Å². The van der Waals surface area contributed by atoms with Gasteiger partial charge in [-0.15, -0.1) is 0 Å². The van der Waals surface area contributed by atoms with Gasteiger partial charge in [-0.25, -0.2) is 0 Å². The van der Waals surface area contributed by atoms with Crippen LogP contribution in [-0.2, 0) is 14.4 Å². The van der Waals surface area contributed by atoms with Crippen LogP contribution < -0.4 is 5.32 Å². The molecule has 0 aromatic carbocycles. The smallest absolute Gasteiger partial charge is 0.223 e. The fourth-order valence-electron chi connectivity index (χ4n) is 0.866. The summed E-state index contributed by atoms with van der Waals surface area (Å²) in [4.78, 5) is 29.7. The molecule has 112 valence electrons. The standard InChI is InChI=1S/C6H12O6.C4H7NO2/c7-1-3(9)5(11)6(12)4(10)2-8;1-3(6)5-4(2)7/h1,3-6,8-12H,2H2;1-2H3,(H,5,6,7)/t3-,4+,5+,6-;/m0./s1. The van der Waals surface area contributed by atoms with Crippen LogP contribution in [0, 0.1) is 0 Å². The molecule has 4 atom stereocenters. The predicted octanol–water partition coefficient (Wildman–Crippen LogP) is -3.71. The Bertz CT molecular complexity index is 283. The van der Waals surface area contributed by atoms with Crippen LogP contribution in [0.4, 0.5) is 0 Å². The molecule has 0 aromatic heterocycles. The van der Waals surface area contributed by atoms with Gasteiger partial charge in [0.05, 0.1) is 6.61 Å². The number of hydrogen-bond donors (Lipinski definition) is 6. The van der Waals surface area contributed by atoms with Gasteiger partial charge < -0.3 is 30.3 Å². The molecule has 0 aliphatic carbocycles. The van der Waals surface area contributed by atoms with Crippen molar-refractivity contribution in [2.24, 2.45) is 0 Å². The van der Waals surface area contributed by atoms with Gasteiger partial charge in [-0.3, -0.25) is 14.9 Å². The van der Waals surface area contributed by atoms with E-state index in [1.54, 1.807) is 0 Å². The molecule has 0 saturated heterocycles. The largest absolute Gasteiger partial charge is 0.394 e. The number of amides is 2. The van der Waals surface area contributed by atoms with E-state index in [1.165, 1.54) is 13.8 Å². The summed E-state index contributed by atoms with van der Waals surface area (Å²) < 4.78 is 0. The maximum absolute atomic E-state index is 9.92. The molecule has 0 aromatic rings. The van der Waals surface area contributed by atoms with E-state index in [4.69, 9.17) is 25.5 Å². The maximum Gasteiger partial charge on any atom is 0.223 e. The first-order chi connectivity index (χ1) is 8.67. The topological polar surface area (TPSA) is 164 Å². The molecule has 6 N–H and O–H groups in total. The van der Waals surface area contributed by atoms with Gasteiger partial charge >= 0.3 is 0 Å². The minimum atomic E-state index is -1.79. The summed E-state index contributed by atoms with van der Waals surface area (Å²) in [6.07, 6.45) is -6.84. The molecule has 19 heavy (non-hydrogen) atoms. The van der Waals surface area contributed by atoms with Crippen LogP contribution in [0.2, 0.25) is 0 Å². The Kier molecular flexibility index (Phi) is 11.0.